The number of benzene rings is 1. The maximum Gasteiger partial charge on any atom is 0.220 e. The lowest BCUT2D eigenvalue weighted by molar-refractivity contribution is -0.122. The summed E-state index contributed by atoms with van der Waals surface area (Å²) >= 11 is 0. The molecule has 2 atom stereocenters. The van der Waals surface area contributed by atoms with Gasteiger partial charge in [-0.1, -0.05) is 6.92 Å². The first-order chi connectivity index (χ1) is 11.1. The van der Waals surface area contributed by atoms with Crippen LogP contribution in [-0.4, -0.2) is 32.1 Å². The summed E-state index contributed by atoms with van der Waals surface area (Å²) in [6.07, 6.45) is 3.75. The number of hydrogen-bond acceptors (Lipinski definition) is 3. The standard InChI is InChI=1S/C18H27FN2O2.ClH/c1-14(15-4-2-9-20-13-15)12-18(22)21-10-3-11-23-17-7-5-16(19)6-8-17;/h5-8,14-15,20H,2-4,9-13H2,1H3,(H,21,22);1H. The molecule has 1 aliphatic rings. The number of halogens is 2. The highest BCUT2D eigenvalue weighted by atomic mass is 35.5. The van der Waals surface area contributed by atoms with Crippen LogP contribution in [0.1, 0.15) is 32.6 Å². The third-order valence-electron chi connectivity index (χ3n) is 4.37. The van der Waals surface area contributed by atoms with Crippen molar-refractivity contribution in [2.45, 2.75) is 32.6 Å². The highest BCUT2D eigenvalue weighted by Crippen LogP contribution is 2.22. The van der Waals surface area contributed by atoms with Gasteiger partial charge in [0, 0.05) is 13.0 Å². The number of hydrogen-bond donors (Lipinski definition) is 2. The Morgan fingerprint density at radius 3 is 2.83 bits per heavy atom. The van der Waals surface area contributed by atoms with Crippen LogP contribution in [0.2, 0.25) is 0 Å². The molecule has 1 heterocycles. The Labute approximate surface area is 149 Å². The van der Waals surface area contributed by atoms with Gasteiger partial charge in [0.15, 0.2) is 0 Å². The molecule has 1 aliphatic heterocycles. The average molecular weight is 359 g/mol. The van der Waals surface area contributed by atoms with E-state index in [1.165, 1.54) is 25.0 Å². The van der Waals surface area contributed by atoms with E-state index in [1.54, 1.807) is 12.1 Å². The molecule has 4 nitrogen and oxygen atoms in total. The van der Waals surface area contributed by atoms with Crippen LogP contribution in [0, 0.1) is 17.7 Å². The molecule has 0 saturated carbocycles. The highest BCUT2D eigenvalue weighted by Gasteiger charge is 2.21. The molecule has 0 aliphatic carbocycles. The molecular formula is C18H28ClFN2O2. The molecule has 24 heavy (non-hydrogen) atoms. The van der Waals surface area contributed by atoms with Crippen LogP contribution in [0.3, 0.4) is 0 Å². The molecule has 2 unspecified atom stereocenters. The molecular weight excluding hydrogens is 331 g/mol. The lowest BCUT2D eigenvalue weighted by Gasteiger charge is -2.28. The molecule has 136 valence electrons. The van der Waals surface area contributed by atoms with Crippen LogP contribution in [-0.2, 0) is 4.79 Å². The summed E-state index contributed by atoms with van der Waals surface area (Å²) in [5.74, 6) is 1.52. The van der Waals surface area contributed by atoms with Crippen molar-refractivity contribution in [1.82, 2.24) is 10.6 Å². The smallest absolute Gasteiger partial charge is 0.220 e. The minimum Gasteiger partial charge on any atom is -0.494 e. The molecule has 0 bridgehead atoms. The van der Waals surface area contributed by atoms with Gasteiger partial charge >= 0.3 is 0 Å². The predicted octanol–water partition coefficient (Wildman–Crippen LogP) is 3.16. The molecule has 0 radical (unpaired) electrons. The normalized spacial score (nSPS) is 18.3. The van der Waals surface area contributed by atoms with E-state index < -0.39 is 0 Å². The van der Waals surface area contributed by atoms with E-state index in [4.69, 9.17) is 4.74 Å². The van der Waals surface area contributed by atoms with Gasteiger partial charge in [0.1, 0.15) is 11.6 Å². The van der Waals surface area contributed by atoms with E-state index in [9.17, 15) is 9.18 Å². The summed E-state index contributed by atoms with van der Waals surface area (Å²) in [5, 5.41) is 6.34. The summed E-state index contributed by atoms with van der Waals surface area (Å²) < 4.78 is 18.2. The Morgan fingerprint density at radius 1 is 1.42 bits per heavy atom. The van der Waals surface area contributed by atoms with E-state index in [-0.39, 0.29) is 24.1 Å². The highest BCUT2D eigenvalue weighted by molar-refractivity contribution is 5.85. The largest absolute Gasteiger partial charge is 0.494 e. The number of rotatable bonds is 8. The zero-order valence-corrected chi connectivity index (χ0v) is 15.0. The number of amides is 1. The average Bonchev–Trinajstić information content (AvgIpc) is 2.57. The van der Waals surface area contributed by atoms with Crippen molar-refractivity contribution in [3.05, 3.63) is 30.1 Å². The fourth-order valence-corrected chi connectivity index (χ4v) is 2.92. The zero-order valence-electron chi connectivity index (χ0n) is 14.2. The Bertz CT molecular complexity index is 478. The number of ether oxygens (including phenoxy) is 1. The molecule has 0 aromatic heterocycles. The van der Waals surface area contributed by atoms with Crippen LogP contribution in [0.5, 0.6) is 5.75 Å². The van der Waals surface area contributed by atoms with Gasteiger partial charge in [0.2, 0.25) is 5.91 Å². The maximum atomic E-state index is 12.8. The van der Waals surface area contributed by atoms with Gasteiger partial charge in [-0.25, -0.2) is 4.39 Å². The van der Waals surface area contributed by atoms with Crippen molar-refractivity contribution in [3.8, 4) is 5.75 Å². The fraction of sp³-hybridized carbons (Fsp3) is 0.611. The minimum atomic E-state index is -0.271. The molecule has 0 spiro atoms. The van der Waals surface area contributed by atoms with E-state index in [1.807, 2.05) is 0 Å². The van der Waals surface area contributed by atoms with Gasteiger partial charge in [0.05, 0.1) is 6.61 Å². The van der Waals surface area contributed by atoms with Crippen molar-refractivity contribution in [3.63, 3.8) is 0 Å². The van der Waals surface area contributed by atoms with Crippen molar-refractivity contribution in [1.29, 1.82) is 0 Å². The summed E-state index contributed by atoms with van der Waals surface area (Å²) in [7, 11) is 0. The topological polar surface area (TPSA) is 50.4 Å². The van der Waals surface area contributed by atoms with Gasteiger partial charge in [-0.2, -0.15) is 0 Å². The Morgan fingerprint density at radius 2 is 2.17 bits per heavy atom. The minimum absolute atomic E-state index is 0. The van der Waals surface area contributed by atoms with Crippen LogP contribution in [0.25, 0.3) is 0 Å². The van der Waals surface area contributed by atoms with E-state index >= 15 is 0 Å². The first kappa shape index (κ1) is 20.7. The summed E-state index contributed by atoms with van der Waals surface area (Å²) in [5.41, 5.74) is 0. The lowest BCUT2D eigenvalue weighted by atomic mass is 9.85. The van der Waals surface area contributed by atoms with Crippen LogP contribution < -0.4 is 15.4 Å². The van der Waals surface area contributed by atoms with Gasteiger partial charge < -0.3 is 15.4 Å². The first-order valence-corrected chi connectivity index (χ1v) is 8.51. The number of nitrogens with one attached hydrogen (secondary N) is 2. The summed E-state index contributed by atoms with van der Waals surface area (Å²) in [4.78, 5) is 12.0. The number of piperidine rings is 1. The van der Waals surface area contributed by atoms with E-state index in [0.717, 1.165) is 19.5 Å². The van der Waals surface area contributed by atoms with Gasteiger partial charge in [-0.15, -0.1) is 12.4 Å². The third kappa shape index (κ3) is 7.49. The first-order valence-electron chi connectivity index (χ1n) is 8.51. The molecule has 2 rings (SSSR count). The Balaban J connectivity index is 0.00000288. The molecule has 1 fully saturated rings. The fourth-order valence-electron chi connectivity index (χ4n) is 2.92. The second-order valence-electron chi connectivity index (χ2n) is 6.29. The molecule has 1 saturated heterocycles. The lowest BCUT2D eigenvalue weighted by Crippen LogP contribution is -2.35. The van der Waals surface area contributed by atoms with Crippen molar-refractivity contribution >= 4 is 18.3 Å². The van der Waals surface area contributed by atoms with Gasteiger partial charge in [-0.3, -0.25) is 4.79 Å². The SMILES string of the molecule is CC(CC(=O)NCCCOc1ccc(F)cc1)C1CCCNC1.Cl. The number of carbonyl (C=O) groups is 1. The predicted molar refractivity (Wildman–Crippen MR) is 96.1 cm³/mol. The van der Waals surface area contributed by atoms with E-state index in [2.05, 4.69) is 17.6 Å². The summed E-state index contributed by atoms with van der Waals surface area (Å²) in [6.45, 7) is 5.40. The van der Waals surface area contributed by atoms with Crippen LogP contribution in [0.4, 0.5) is 4.39 Å². The number of carbonyl (C=O) groups excluding carboxylic acids is 1. The second-order valence-corrected chi connectivity index (χ2v) is 6.29. The molecule has 1 aromatic carbocycles. The zero-order chi connectivity index (χ0) is 16.5. The molecule has 1 aromatic rings. The summed E-state index contributed by atoms with van der Waals surface area (Å²) in [6, 6.07) is 5.96. The van der Waals surface area contributed by atoms with Crippen LogP contribution in [0.15, 0.2) is 24.3 Å². The molecule has 6 heteroatoms. The maximum absolute atomic E-state index is 12.8. The second kappa shape index (κ2) is 11.3. The molecule has 2 N–H and O–H groups in total. The Kier molecular flexibility index (Phi) is 9.72. The van der Waals surface area contributed by atoms with Gasteiger partial charge in [-0.05, 0) is 68.5 Å². The van der Waals surface area contributed by atoms with Crippen molar-refractivity contribution in [2.75, 3.05) is 26.2 Å². The van der Waals surface area contributed by atoms with Crippen molar-refractivity contribution < 1.29 is 13.9 Å². The van der Waals surface area contributed by atoms with E-state index in [0.29, 0.717) is 37.2 Å². The van der Waals surface area contributed by atoms with Crippen molar-refractivity contribution in [2.24, 2.45) is 11.8 Å². The molecule has 1 amide bonds. The Hall–Kier alpha value is -1.33. The quantitative estimate of drug-likeness (QED) is 0.702. The monoisotopic (exact) mass is 358 g/mol. The third-order valence-corrected chi connectivity index (χ3v) is 4.37. The van der Waals surface area contributed by atoms with Gasteiger partial charge in [0.25, 0.3) is 0 Å². The van der Waals surface area contributed by atoms with Crippen LogP contribution >= 0.6 is 12.4 Å².